The van der Waals surface area contributed by atoms with Crippen molar-refractivity contribution in [1.29, 1.82) is 0 Å². The van der Waals surface area contributed by atoms with Crippen molar-refractivity contribution in [2.24, 2.45) is 5.73 Å². The summed E-state index contributed by atoms with van der Waals surface area (Å²) in [4.78, 5) is 11.0. The van der Waals surface area contributed by atoms with Crippen molar-refractivity contribution in [3.05, 3.63) is 23.8 Å². The first-order valence-electron chi connectivity index (χ1n) is 6.87. The first kappa shape index (κ1) is 16.3. The van der Waals surface area contributed by atoms with Crippen molar-refractivity contribution in [3.8, 4) is 11.5 Å². The Labute approximate surface area is 120 Å². The number of carbonyl (C=O) groups excluding carboxylic acids is 1. The van der Waals surface area contributed by atoms with Crippen LogP contribution in [0.3, 0.4) is 0 Å². The van der Waals surface area contributed by atoms with Crippen molar-refractivity contribution in [2.75, 3.05) is 26.9 Å². The average molecular weight is 281 g/mol. The number of para-hydroxylation sites is 1. The molecule has 0 saturated heterocycles. The molecule has 0 fully saturated rings. The SMILES string of the molecule is CCOc1cccc(CCN)c1OCCCC(=O)OC. The largest absolute Gasteiger partial charge is 0.490 e. The first-order valence-corrected chi connectivity index (χ1v) is 6.87. The highest BCUT2D eigenvalue weighted by Crippen LogP contribution is 2.31. The lowest BCUT2D eigenvalue weighted by Gasteiger charge is -2.15. The molecule has 5 heteroatoms. The van der Waals surface area contributed by atoms with Crippen LogP contribution in [0.15, 0.2) is 18.2 Å². The van der Waals surface area contributed by atoms with Gasteiger partial charge in [0.25, 0.3) is 0 Å². The molecular weight excluding hydrogens is 258 g/mol. The maximum absolute atomic E-state index is 11.0. The van der Waals surface area contributed by atoms with Crippen LogP contribution in [0.4, 0.5) is 0 Å². The second-order valence-electron chi connectivity index (χ2n) is 4.24. The van der Waals surface area contributed by atoms with Crippen LogP contribution in [0.2, 0.25) is 0 Å². The van der Waals surface area contributed by atoms with E-state index in [-0.39, 0.29) is 5.97 Å². The fraction of sp³-hybridized carbons (Fsp3) is 0.533. The quantitative estimate of drug-likeness (QED) is 0.553. The molecule has 0 spiro atoms. The van der Waals surface area contributed by atoms with Gasteiger partial charge in [0, 0.05) is 6.42 Å². The topological polar surface area (TPSA) is 70.8 Å². The molecule has 0 heterocycles. The molecule has 1 rings (SSSR count). The van der Waals surface area contributed by atoms with Gasteiger partial charge in [-0.1, -0.05) is 12.1 Å². The molecular formula is C15H23NO4. The summed E-state index contributed by atoms with van der Waals surface area (Å²) < 4.78 is 15.9. The Kier molecular flexibility index (Phi) is 7.50. The van der Waals surface area contributed by atoms with Crippen molar-refractivity contribution < 1.29 is 19.0 Å². The smallest absolute Gasteiger partial charge is 0.305 e. The number of rotatable bonds is 9. The molecule has 112 valence electrons. The third kappa shape index (κ3) is 5.09. The summed E-state index contributed by atoms with van der Waals surface area (Å²) in [6.45, 7) is 3.49. The van der Waals surface area contributed by atoms with Gasteiger partial charge in [0.15, 0.2) is 11.5 Å². The van der Waals surface area contributed by atoms with Crippen molar-refractivity contribution in [3.63, 3.8) is 0 Å². The van der Waals surface area contributed by atoms with Crippen LogP contribution < -0.4 is 15.2 Å². The van der Waals surface area contributed by atoms with Crippen LogP contribution in [0.25, 0.3) is 0 Å². The molecule has 5 nitrogen and oxygen atoms in total. The Morgan fingerprint density at radius 3 is 2.75 bits per heavy atom. The number of ether oxygens (including phenoxy) is 3. The van der Waals surface area contributed by atoms with Crippen LogP contribution in [0.1, 0.15) is 25.3 Å². The summed E-state index contributed by atoms with van der Waals surface area (Å²) in [5.41, 5.74) is 6.63. The highest BCUT2D eigenvalue weighted by molar-refractivity contribution is 5.69. The van der Waals surface area contributed by atoms with Gasteiger partial charge in [-0.05, 0) is 37.9 Å². The molecule has 1 aromatic carbocycles. The third-order valence-electron chi connectivity index (χ3n) is 2.77. The van der Waals surface area contributed by atoms with Crippen LogP contribution in [0, 0.1) is 0 Å². The third-order valence-corrected chi connectivity index (χ3v) is 2.77. The molecule has 20 heavy (non-hydrogen) atoms. The minimum atomic E-state index is -0.228. The molecule has 0 atom stereocenters. The summed E-state index contributed by atoms with van der Waals surface area (Å²) in [5.74, 6) is 1.22. The lowest BCUT2D eigenvalue weighted by atomic mass is 10.1. The van der Waals surface area contributed by atoms with Crippen LogP contribution in [-0.4, -0.2) is 32.8 Å². The van der Waals surface area contributed by atoms with E-state index in [1.165, 1.54) is 7.11 Å². The average Bonchev–Trinajstić information content (AvgIpc) is 2.46. The molecule has 0 aliphatic carbocycles. The monoisotopic (exact) mass is 281 g/mol. The second kappa shape index (κ2) is 9.20. The summed E-state index contributed by atoms with van der Waals surface area (Å²) in [7, 11) is 1.38. The summed E-state index contributed by atoms with van der Waals surface area (Å²) in [6.07, 6.45) is 1.68. The van der Waals surface area contributed by atoms with Gasteiger partial charge in [-0.2, -0.15) is 0 Å². The van der Waals surface area contributed by atoms with E-state index in [4.69, 9.17) is 15.2 Å². The molecule has 0 unspecified atom stereocenters. The lowest BCUT2D eigenvalue weighted by molar-refractivity contribution is -0.140. The molecule has 0 radical (unpaired) electrons. The number of esters is 1. The van der Waals surface area contributed by atoms with Gasteiger partial charge >= 0.3 is 5.97 Å². The maximum atomic E-state index is 11.0. The van der Waals surface area contributed by atoms with Crippen LogP contribution >= 0.6 is 0 Å². The standard InChI is InChI=1S/C15H23NO4/c1-3-19-13-7-4-6-12(9-10-16)15(13)20-11-5-8-14(17)18-2/h4,6-7H,3,5,8-11,16H2,1-2H3. The fourth-order valence-electron chi connectivity index (χ4n) is 1.84. The lowest BCUT2D eigenvalue weighted by Crippen LogP contribution is -2.09. The number of hydrogen-bond acceptors (Lipinski definition) is 5. The summed E-state index contributed by atoms with van der Waals surface area (Å²) >= 11 is 0. The van der Waals surface area contributed by atoms with Crippen molar-refractivity contribution in [1.82, 2.24) is 0 Å². The zero-order valence-electron chi connectivity index (χ0n) is 12.2. The van der Waals surface area contributed by atoms with Gasteiger partial charge in [0.2, 0.25) is 0 Å². The molecule has 0 aromatic heterocycles. The van der Waals surface area contributed by atoms with Crippen molar-refractivity contribution >= 4 is 5.97 Å². The number of benzene rings is 1. The van der Waals surface area contributed by atoms with Crippen LogP contribution in [-0.2, 0) is 16.0 Å². The Morgan fingerprint density at radius 2 is 2.10 bits per heavy atom. The normalized spacial score (nSPS) is 10.2. The molecule has 2 N–H and O–H groups in total. The fourth-order valence-corrected chi connectivity index (χ4v) is 1.84. The molecule has 0 aliphatic heterocycles. The van der Waals surface area contributed by atoms with E-state index in [0.717, 1.165) is 23.5 Å². The van der Waals surface area contributed by atoms with E-state index < -0.39 is 0 Å². The minimum Gasteiger partial charge on any atom is -0.490 e. The Hall–Kier alpha value is -1.75. The van der Waals surface area contributed by atoms with Gasteiger partial charge in [0.05, 0.1) is 20.3 Å². The van der Waals surface area contributed by atoms with E-state index in [1.54, 1.807) is 0 Å². The minimum absolute atomic E-state index is 0.228. The number of hydrogen-bond donors (Lipinski definition) is 1. The van der Waals surface area contributed by atoms with E-state index in [9.17, 15) is 4.79 Å². The Bertz CT molecular complexity index is 396. The van der Waals surface area contributed by atoms with Gasteiger partial charge in [-0.3, -0.25) is 4.79 Å². The zero-order valence-corrected chi connectivity index (χ0v) is 12.2. The van der Waals surface area contributed by atoms with E-state index >= 15 is 0 Å². The molecule has 0 bridgehead atoms. The van der Waals surface area contributed by atoms with Gasteiger partial charge in [0.1, 0.15) is 0 Å². The zero-order chi connectivity index (χ0) is 14.8. The molecule has 0 saturated carbocycles. The van der Waals surface area contributed by atoms with Gasteiger partial charge < -0.3 is 19.9 Å². The maximum Gasteiger partial charge on any atom is 0.305 e. The molecule has 0 aliphatic rings. The molecule has 1 aromatic rings. The first-order chi connectivity index (χ1) is 9.72. The molecule has 0 amide bonds. The van der Waals surface area contributed by atoms with Crippen molar-refractivity contribution in [2.45, 2.75) is 26.2 Å². The van der Waals surface area contributed by atoms with Gasteiger partial charge in [-0.25, -0.2) is 0 Å². The van der Waals surface area contributed by atoms with Gasteiger partial charge in [-0.15, -0.1) is 0 Å². The Balaban J connectivity index is 2.66. The number of methoxy groups -OCH3 is 1. The second-order valence-corrected chi connectivity index (χ2v) is 4.24. The summed E-state index contributed by atoms with van der Waals surface area (Å²) in [5, 5.41) is 0. The highest BCUT2D eigenvalue weighted by atomic mass is 16.5. The number of carbonyl (C=O) groups is 1. The van der Waals surface area contributed by atoms with E-state index in [0.29, 0.717) is 32.6 Å². The predicted molar refractivity (Wildman–Crippen MR) is 77.1 cm³/mol. The highest BCUT2D eigenvalue weighted by Gasteiger charge is 2.11. The van der Waals surface area contributed by atoms with E-state index in [1.807, 2.05) is 25.1 Å². The van der Waals surface area contributed by atoms with E-state index in [2.05, 4.69) is 4.74 Å². The number of nitrogens with two attached hydrogens (primary N) is 1. The predicted octanol–water partition coefficient (Wildman–Crippen LogP) is 1.92. The summed E-state index contributed by atoms with van der Waals surface area (Å²) in [6, 6.07) is 5.78. The van der Waals surface area contributed by atoms with Crippen LogP contribution in [0.5, 0.6) is 11.5 Å². The Morgan fingerprint density at radius 1 is 1.30 bits per heavy atom.